The van der Waals surface area contributed by atoms with Gasteiger partial charge in [-0.15, -0.1) is 0 Å². The predicted molar refractivity (Wildman–Crippen MR) is 64.7 cm³/mol. The van der Waals surface area contributed by atoms with E-state index in [1.54, 1.807) is 20.8 Å². The molecular weight excluding hydrogens is 259 g/mol. The molecular formula is C10H15FN4O4. The van der Waals surface area contributed by atoms with Crippen LogP contribution < -0.4 is 5.32 Å². The number of hydrogen-bond acceptors (Lipinski definition) is 5. The molecule has 1 aromatic heterocycles. The van der Waals surface area contributed by atoms with Gasteiger partial charge < -0.3 is 4.74 Å². The van der Waals surface area contributed by atoms with E-state index < -0.39 is 29.0 Å². The number of hydrogen-bond donors (Lipinski definition) is 1. The van der Waals surface area contributed by atoms with Crippen LogP contribution >= 0.6 is 0 Å². The predicted octanol–water partition coefficient (Wildman–Crippen LogP) is 2.11. The van der Waals surface area contributed by atoms with E-state index >= 15 is 0 Å². The number of nitrogens with one attached hydrogen (secondary N) is 1. The van der Waals surface area contributed by atoms with Crippen LogP contribution in [0.2, 0.25) is 0 Å². The smallest absolute Gasteiger partial charge is 0.413 e. The summed E-state index contributed by atoms with van der Waals surface area (Å²) in [5.74, 6) is -0.197. The Morgan fingerprint density at radius 3 is 2.74 bits per heavy atom. The zero-order chi connectivity index (χ0) is 14.6. The second-order valence-corrected chi connectivity index (χ2v) is 4.67. The van der Waals surface area contributed by atoms with Crippen LogP contribution in [0.3, 0.4) is 0 Å². The Morgan fingerprint density at radius 1 is 1.63 bits per heavy atom. The summed E-state index contributed by atoms with van der Waals surface area (Å²) in [4.78, 5) is 21.6. The molecule has 0 fully saturated rings. The average molecular weight is 274 g/mol. The Kier molecular flexibility index (Phi) is 4.41. The topological polar surface area (TPSA) is 99.3 Å². The zero-order valence-electron chi connectivity index (χ0n) is 10.8. The molecule has 0 aromatic carbocycles. The fraction of sp³-hybridized carbons (Fsp3) is 0.600. The third-order valence-corrected chi connectivity index (χ3v) is 1.93. The molecule has 0 atom stereocenters. The second-order valence-electron chi connectivity index (χ2n) is 4.67. The molecule has 1 aromatic rings. The van der Waals surface area contributed by atoms with Gasteiger partial charge in [-0.25, -0.2) is 13.9 Å². The fourth-order valence-electron chi connectivity index (χ4n) is 1.29. The van der Waals surface area contributed by atoms with Gasteiger partial charge in [-0.1, -0.05) is 0 Å². The highest BCUT2D eigenvalue weighted by Gasteiger charge is 2.25. The summed E-state index contributed by atoms with van der Waals surface area (Å²) in [6, 6.07) is 0. The second kappa shape index (κ2) is 5.63. The van der Waals surface area contributed by atoms with Gasteiger partial charge in [0.05, 0.1) is 11.5 Å². The molecule has 106 valence electrons. The van der Waals surface area contributed by atoms with Crippen LogP contribution in [0.1, 0.15) is 20.8 Å². The van der Waals surface area contributed by atoms with E-state index in [9.17, 15) is 19.3 Å². The lowest BCUT2D eigenvalue weighted by Gasteiger charge is -2.19. The number of anilines is 1. The summed E-state index contributed by atoms with van der Waals surface area (Å²) in [6.07, 6.45) is 0.0822. The van der Waals surface area contributed by atoms with Crippen LogP contribution in [0.4, 0.5) is 20.7 Å². The Balaban J connectivity index is 2.94. The van der Waals surface area contributed by atoms with Gasteiger partial charge in [0, 0.05) is 0 Å². The van der Waals surface area contributed by atoms with Crippen molar-refractivity contribution < 1.29 is 18.8 Å². The minimum atomic E-state index is -0.865. The number of carbonyl (C=O) groups is 1. The SMILES string of the molecule is CC(C)(C)OC(=O)Nc1c([N+](=O)[O-])cnn1CCF. The number of nitrogens with zero attached hydrogens (tertiary/aromatic N) is 3. The number of alkyl halides is 1. The highest BCUT2D eigenvalue weighted by atomic mass is 19.1. The maximum Gasteiger partial charge on any atom is 0.413 e. The van der Waals surface area contributed by atoms with Crippen molar-refractivity contribution in [2.45, 2.75) is 32.9 Å². The molecule has 0 aliphatic rings. The van der Waals surface area contributed by atoms with Crippen LogP contribution in [0.25, 0.3) is 0 Å². The van der Waals surface area contributed by atoms with Gasteiger partial charge in [0.2, 0.25) is 5.82 Å². The molecule has 1 N–H and O–H groups in total. The van der Waals surface area contributed by atoms with Gasteiger partial charge >= 0.3 is 11.8 Å². The Bertz CT molecular complexity index is 480. The molecule has 8 nitrogen and oxygen atoms in total. The zero-order valence-corrected chi connectivity index (χ0v) is 10.8. The van der Waals surface area contributed by atoms with Crippen molar-refractivity contribution in [1.29, 1.82) is 0 Å². The standard InChI is InChI=1S/C10H15FN4O4/c1-10(2,3)19-9(16)13-8-7(15(17)18)6-12-14(8)5-4-11/h6H,4-5H2,1-3H3,(H,13,16). The first-order valence-corrected chi connectivity index (χ1v) is 5.51. The van der Waals surface area contributed by atoms with Crippen LogP contribution in [0.5, 0.6) is 0 Å². The molecule has 0 unspecified atom stereocenters. The molecule has 0 spiro atoms. The fourth-order valence-corrected chi connectivity index (χ4v) is 1.29. The average Bonchev–Trinajstić information content (AvgIpc) is 2.59. The van der Waals surface area contributed by atoms with E-state index in [1.165, 1.54) is 0 Å². The molecule has 1 rings (SSSR count). The molecule has 1 amide bonds. The molecule has 0 saturated carbocycles. The number of halogens is 1. The van der Waals surface area contributed by atoms with E-state index in [2.05, 4.69) is 10.4 Å². The monoisotopic (exact) mass is 274 g/mol. The Morgan fingerprint density at radius 2 is 2.26 bits per heavy atom. The van der Waals surface area contributed by atoms with Gasteiger partial charge in [-0.05, 0) is 20.8 Å². The highest BCUT2D eigenvalue weighted by molar-refractivity contribution is 5.86. The number of aromatic nitrogens is 2. The molecule has 0 aliphatic heterocycles. The van der Waals surface area contributed by atoms with Crippen molar-refractivity contribution in [2.75, 3.05) is 12.0 Å². The molecule has 0 bridgehead atoms. The summed E-state index contributed by atoms with van der Waals surface area (Å²) in [6.45, 7) is 4.00. The lowest BCUT2D eigenvalue weighted by molar-refractivity contribution is -0.384. The van der Waals surface area contributed by atoms with Crippen LogP contribution in [0, 0.1) is 10.1 Å². The highest BCUT2D eigenvalue weighted by Crippen LogP contribution is 2.24. The van der Waals surface area contributed by atoms with Crippen LogP contribution in [-0.2, 0) is 11.3 Å². The summed E-state index contributed by atoms with van der Waals surface area (Å²) in [7, 11) is 0. The summed E-state index contributed by atoms with van der Waals surface area (Å²) in [5.41, 5.74) is -1.16. The number of aryl methyl sites for hydroxylation is 1. The quantitative estimate of drug-likeness (QED) is 0.669. The number of rotatable bonds is 4. The molecule has 19 heavy (non-hydrogen) atoms. The number of carbonyl (C=O) groups excluding carboxylic acids is 1. The van der Waals surface area contributed by atoms with Crippen LogP contribution in [-0.4, -0.2) is 33.1 Å². The minimum absolute atomic E-state index is 0.195. The largest absolute Gasteiger partial charge is 0.444 e. The van der Waals surface area contributed by atoms with Gasteiger partial charge in [0.1, 0.15) is 18.5 Å². The molecule has 0 radical (unpaired) electrons. The van der Waals surface area contributed by atoms with Gasteiger partial charge in [-0.2, -0.15) is 5.10 Å². The normalized spacial score (nSPS) is 11.2. The first-order valence-electron chi connectivity index (χ1n) is 5.51. The molecule has 0 saturated heterocycles. The maximum atomic E-state index is 12.3. The van der Waals surface area contributed by atoms with Gasteiger partial charge in [-0.3, -0.25) is 15.4 Å². The van der Waals surface area contributed by atoms with Crippen molar-refractivity contribution in [3.05, 3.63) is 16.3 Å². The van der Waals surface area contributed by atoms with E-state index in [4.69, 9.17) is 4.74 Å². The molecule has 9 heteroatoms. The first kappa shape index (κ1) is 14.9. The number of amides is 1. The minimum Gasteiger partial charge on any atom is -0.444 e. The van der Waals surface area contributed by atoms with Gasteiger partial charge in [0.15, 0.2) is 0 Å². The number of ether oxygens (including phenoxy) is 1. The van der Waals surface area contributed by atoms with Crippen molar-refractivity contribution in [3.63, 3.8) is 0 Å². The third kappa shape index (κ3) is 4.19. The van der Waals surface area contributed by atoms with E-state index in [0.717, 1.165) is 10.9 Å². The van der Waals surface area contributed by atoms with E-state index in [-0.39, 0.29) is 12.4 Å². The lowest BCUT2D eigenvalue weighted by Crippen LogP contribution is -2.28. The third-order valence-electron chi connectivity index (χ3n) is 1.93. The van der Waals surface area contributed by atoms with E-state index in [1.807, 2.05) is 0 Å². The first-order chi connectivity index (χ1) is 8.74. The summed E-state index contributed by atoms with van der Waals surface area (Å²) in [5, 5.41) is 16.6. The van der Waals surface area contributed by atoms with E-state index in [0.29, 0.717) is 0 Å². The Hall–Kier alpha value is -2.19. The summed E-state index contributed by atoms with van der Waals surface area (Å²) < 4.78 is 18.3. The van der Waals surface area contributed by atoms with Crippen molar-refractivity contribution >= 4 is 17.6 Å². The Labute approximate surface area is 108 Å². The molecule has 0 aliphatic carbocycles. The summed E-state index contributed by atoms with van der Waals surface area (Å²) >= 11 is 0. The molecule has 1 heterocycles. The maximum absolute atomic E-state index is 12.3. The lowest BCUT2D eigenvalue weighted by atomic mass is 10.2. The van der Waals surface area contributed by atoms with Crippen molar-refractivity contribution in [1.82, 2.24) is 9.78 Å². The number of nitro groups is 1. The van der Waals surface area contributed by atoms with Crippen molar-refractivity contribution in [3.8, 4) is 0 Å². The van der Waals surface area contributed by atoms with Crippen LogP contribution in [0.15, 0.2) is 6.20 Å². The van der Waals surface area contributed by atoms with Gasteiger partial charge in [0.25, 0.3) is 0 Å². The van der Waals surface area contributed by atoms with Crippen molar-refractivity contribution in [2.24, 2.45) is 0 Å².